The van der Waals surface area contributed by atoms with Gasteiger partial charge in [-0.1, -0.05) is 19.4 Å². The Morgan fingerprint density at radius 3 is 2.82 bits per heavy atom. The lowest BCUT2D eigenvalue weighted by molar-refractivity contribution is 0.626. The van der Waals surface area contributed by atoms with Gasteiger partial charge >= 0.3 is 0 Å². The minimum Gasteiger partial charge on any atom is -0.276 e. The summed E-state index contributed by atoms with van der Waals surface area (Å²) in [5.74, 6) is -0.220. The van der Waals surface area contributed by atoms with Crippen LogP contribution in [0.25, 0.3) is 33.4 Å². The molecular formula is C22H22FN5. The number of pyridine rings is 1. The minimum atomic E-state index is -0.220. The number of nitrogens with one attached hydrogen (secondary N) is 1. The van der Waals surface area contributed by atoms with Gasteiger partial charge in [0.1, 0.15) is 11.5 Å². The van der Waals surface area contributed by atoms with Crippen molar-refractivity contribution < 1.29 is 4.39 Å². The van der Waals surface area contributed by atoms with E-state index in [0.29, 0.717) is 17.3 Å². The number of aromatic amines is 1. The van der Waals surface area contributed by atoms with Crippen molar-refractivity contribution in [3.8, 4) is 22.5 Å². The molecule has 5 nitrogen and oxygen atoms in total. The summed E-state index contributed by atoms with van der Waals surface area (Å²) in [7, 11) is 0. The summed E-state index contributed by atoms with van der Waals surface area (Å²) in [5.41, 5.74) is 5.74. The van der Waals surface area contributed by atoms with Gasteiger partial charge in [-0.3, -0.25) is 14.8 Å². The zero-order chi connectivity index (χ0) is 19.3. The zero-order valence-electron chi connectivity index (χ0n) is 16.0. The molecule has 0 amide bonds. The Morgan fingerprint density at radius 1 is 1.21 bits per heavy atom. The van der Waals surface area contributed by atoms with Gasteiger partial charge in [0.05, 0.1) is 29.6 Å². The van der Waals surface area contributed by atoms with Crippen molar-refractivity contribution >= 4 is 10.9 Å². The van der Waals surface area contributed by atoms with Gasteiger partial charge in [-0.25, -0.2) is 4.39 Å². The molecule has 1 aromatic carbocycles. The Balaban J connectivity index is 1.60. The van der Waals surface area contributed by atoms with Crippen LogP contribution in [0.1, 0.15) is 43.4 Å². The first-order valence-electron chi connectivity index (χ1n) is 9.82. The van der Waals surface area contributed by atoms with Crippen LogP contribution >= 0.6 is 0 Å². The summed E-state index contributed by atoms with van der Waals surface area (Å²) in [4.78, 5) is 4.49. The van der Waals surface area contributed by atoms with E-state index in [4.69, 9.17) is 0 Å². The lowest BCUT2D eigenvalue weighted by Gasteiger charge is -2.10. The van der Waals surface area contributed by atoms with E-state index >= 15 is 0 Å². The van der Waals surface area contributed by atoms with Crippen molar-refractivity contribution in [2.75, 3.05) is 0 Å². The van der Waals surface area contributed by atoms with Crippen LogP contribution in [0.15, 0.2) is 36.8 Å². The van der Waals surface area contributed by atoms with Crippen LogP contribution in [-0.2, 0) is 6.42 Å². The fourth-order valence-corrected chi connectivity index (χ4v) is 3.85. The number of fused-ring (bicyclic) bond motifs is 1. The molecule has 0 aliphatic heterocycles. The molecule has 4 aromatic rings. The monoisotopic (exact) mass is 375 g/mol. The summed E-state index contributed by atoms with van der Waals surface area (Å²) in [6, 6.07) is 6.14. The van der Waals surface area contributed by atoms with Crippen molar-refractivity contribution in [3.05, 3.63) is 53.7 Å². The number of nitrogens with zero attached hydrogens (tertiary/aromatic N) is 4. The van der Waals surface area contributed by atoms with E-state index in [1.807, 2.05) is 30.1 Å². The predicted molar refractivity (Wildman–Crippen MR) is 108 cm³/mol. The Labute approximate surface area is 162 Å². The van der Waals surface area contributed by atoms with Crippen molar-refractivity contribution in [3.63, 3.8) is 0 Å². The lowest BCUT2D eigenvalue weighted by Crippen LogP contribution is -1.95. The number of aryl methyl sites for hydroxylation is 2. The lowest BCUT2D eigenvalue weighted by atomic mass is 9.98. The third-order valence-corrected chi connectivity index (χ3v) is 5.39. The molecular weight excluding hydrogens is 353 g/mol. The Hall–Kier alpha value is -3.02. The van der Waals surface area contributed by atoms with E-state index in [1.165, 1.54) is 12.8 Å². The molecule has 1 fully saturated rings. The highest BCUT2D eigenvalue weighted by atomic mass is 19.1. The maximum atomic E-state index is 14.9. The molecule has 6 heteroatoms. The number of hydrogen-bond donors (Lipinski definition) is 1. The highest BCUT2D eigenvalue weighted by molar-refractivity contribution is 5.94. The number of benzene rings is 1. The van der Waals surface area contributed by atoms with E-state index in [2.05, 4.69) is 33.3 Å². The van der Waals surface area contributed by atoms with Gasteiger partial charge in [-0.15, -0.1) is 0 Å². The molecule has 1 aliphatic carbocycles. The van der Waals surface area contributed by atoms with E-state index in [0.717, 1.165) is 46.1 Å². The van der Waals surface area contributed by atoms with Crippen molar-refractivity contribution in [1.82, 2.24) is 25.0 Å². The maximum Gasteiger partial charge on any atom is 0.133 e. The van der Waals surface area contributed by atoms with Crippen molar-refractivity contribution in [2.24, 2.45) is 0 Å². The second-order valence-corrected chi connectivity index (χ2v) is 7.65. The average molecular weight is 375 g/mol. The van der Waals surface area contributed by atoms with E-state index in [1.54, 1.807) is 12.3 Å². The Kier molecular flexibility index (Phi) is 4.00. The van der Waals surface area contributed by atoms with Gasteiger partial charge in [0.15, 0.2) is 0 Å². The fourth-order valence-electron chi connectivity index (χ4n) is 3.85. The molecule has 0 bridgehead atoms. The molecule has 0 atom stereocenters. The molecule has 0 unspecified atom stereocenters. The Bertz CT molecular complexity index is 1150. The number of hydrogen-bond acceptors (Lipinski definition) is 3. The van der Waals surface area contributed by atoms with Gasteiger partial charge in [-0.2, -0.15) is 10.2 Å². The molecule has 0 radical (unpaired) electrons. The summed E-state index contributed by atoms with van der Waals surface area (Å²) in [5, 5.41) is 12.9. The van der Waals surface area contributed by atoms with Gasteiger partial charge in [0.25, 0.3) is 0 Å². The van der Waals surface area contributed by atoms with Gasteiger partial charge in [-0.05, 0) is 49.4 Å². The predicted octanol–water partition coefficient (Wildman–Crippen LogP) is 5.22. The molecule has 0 spiro atoms. The highest BCUT2D eigenvalue weighted by Crippen LogP contribution is 2.36. The zero-order valence-corrected chi connectivity index (χ0v) is 16.0. The number of rotatable bonds is 5. The average Bonchev–Trinajstić information content (AvgIpc) is 3.25. The minimum absolute atomic E-state index is 0.220. The smallest absolute Gasteiger partial charge is 0.133 e. The summed E-state index contributed by atoms with van der Waals surface area (Å²) >= 11 is 0. The normalized spacial score (nSPS) is 14.1. The first-order chi connectivity index (χ1) is 13.6. The van der Waals surface area contributed by atoms with Crippen LogP contribution < -0.4 is 0 Å². The molecule has 3 heterocycles. The topological polar surface area (TPSA) is 59.4 Å². The van der Waals surface area contributed by atoms with Gasteiger partial charge in [0.2, 0.25) is 0 Å². The summed E-state index contributed by atoms with van der Waals surface area (Å²) in [6.45, 7) is 4.04. The van der Waals surface area contributed by atoms with Gasteiger partial charge in [0, 0.05) is 22.7 Å². The number of H-pyrrole nitrogens is 1. The van der Waals surface area contributed by atoms with Crippen molar-refractivity contribution in [1.29, 1.82) is 0 Å². The van der Waals surface area contributed by atoms with Crippen LogP contribution in [0.5, 0.6) is 0 Å². The molecule has 142 valence electrons. The summed E-state index contributed by atoms with van der Waals surface area (Å²) in [6.07, 6.45) is 9.85. The van der Waals surface area contributed by atoms with Crippen LogP contribution in [-0.4, -0.2) is 25.0 Å². The third kappa shape index (κ3) is 2.89. The SMILES string of the molecule is CCCc1cc(C)c(-c2cc3c(-c4cnn(C5CC5)c4)n[nH]c3cn2)c(F)c1. The van der Waals surface area contributed by atoms with E-state index in [-0.39, 0.29) is 5.82 Å². The number of aromatic nitrogens is 5. The summed E-state index contributed by atoms with van der Waals surface area (Å²) < 4.78 is 16.9. The van der Waals surface area contributed by atoms with Crippen molar-refractivity contribution in [2.45, 2.75) is 45.6 Å². The van der Waals surface area contributed by atoms with E-state index < -0.39 is 0 Å². The van der Waals surface area contributed by atoms with Crippen LogP contribution in [0, 0.1) is 12.7 Å². The largest absolute Gasteiger partial charge is 0.276 e. The van der Waals surface area contributed by atoms with Gasteiger partial charge < -0.3 is 0 Å². The first-order valence-corrected chi connectivity index (χ1v) is 9.82. The van der Waals surface area contributed by atoms with Crippen LogP contribution in [0.2, 0.25) is 0 Å². The second kappa shape index (κ2) is 6.55. The molecule has 1 aliphatic rings. The molecule has 5 rings (SSSR count). The molecule has 1 saturated carbocycles. The number of halogens is 1. The highest BCUT2D eigenvalue weighted by Gasteiger charge is 2.25. The standard InChI is InChI=1S/C22H22FN5/c1-3-4-14-7-13(2)21(18(23)8-14)19-9-17-20(11-24-19)26-27-22(17)15-10-25-28(12-15)16-5-6-16/h7-12,16H,3-6H2,1-2H3,(H,26,27). The maximum absolute atomic E-state index is 14.9. The molecule has 0 saturated heterocycles. The van der Waals surface area contributed by atoms with Crippen LogP contribution in [0.4, 0.5) is 4.39 Å². The third-order valence-electron chi connectivity index (χ3n) is 5.39. The second-order valence-electron chi connectivity index (χ2n) is 7.65. The molecule has 3 aromatic heterocycles. The Morgan fingerprint density at radius 2 is 2.07 bits per heavy atom. The first kappa shape index (κ1) is 17.1. The fraction of sp³-hybridized carbons (Fsp3) is 0.318. The molecule has 1 N–H and O–H groups in total. The quantitative estimate of drug-likeness (QED) is 0.520. The van der Waals surface area contributed by atoms with Crippen LogP contribution in [0.3, 0.4) is 0 Å². The van der Waals surface area contributed by atoms with E-state index in [9.17, 15) is 4.39 Å². The molecule has 28 heavy (non-hydrogen) atoms.